The molecule has 0 saturated carbocycles. The van der Waals surface area contributed by atoms with E-state index in [0.717, 1.165) is 5.92 Å². The van der Waals surface area contributed by atoms with Gasteiger partial charge in [0.25, 0.3) is 0 Å². The number of hydrogen-bond donors (Lipinski definition) is 2. The average Bonchev–Trinajstić information content (AvgIpc) is 2.40. The van der Waals surface area contributed by atoms with Crippen molar-refractivity contribution >= 4 is 0 Å². The van der Waals surface area contributed by atoms with Gasteiger partial charge in [-0.25, -0.2) is 0 Å². The maximum Gasteiger partial charge on any atom is 0.0238 e. The predicted molar refractivity (Wildman–Crippen MR) is 82.4 cm³/mol. The molecular weight excluding hydrogens is 220 g/mol. The minimum atomic E-state index is 0.528. The number of hydrogen-bond acceptors (Lipinski definition) is 2. The molecule has 0 fully saturated rings. The van der Waals surface area contributed by atoms with Gasteiger partial charge in [0.1, 0.15) is 0 Å². The minimum Gasteiger partial charge on any atom is -0.271 e. The van der Waals surface area contributed by atoms with Crippen LogP contribution in [0.25, 0.3) is 0 Å². The lowest BCUT2D eigenvalue weighted by Crippen LogP contribution is -2.40. The third kappa shape index (κ3) is 8.93. The van der Waals surface area contributed by atoms with Crippen molar-refractivity contribution in [1.29, 1.82) is 0 Å². The van der Waals surface area contributed by atoms with E-state index in [4.69, 9.17) is 5.84 Å². The van der Waals surface area contributed by atoms with Gasteiger partial charge in [-0.1, -0.05) is 85.0 Å². The highest BCUT2D eigenvalue weighted by molar-refractivity contribution is 4.72. The molecular formula is C16H36N2. The monoisotopic (exact) mass is 256 g/mol. The summed E-state index contributed by atoms with van der Waals surface area (Å²) >= 11 is 0. The molecule has 0 radical (unpaired) electrons. The molecule has 0 aromatic carbocycles. The van der Waals surface area contributed by atoms with E-state index < -0.39 is 0 Å². The Morgan fingerprint density at radius 1 is 0.778 bits per heavy atom. The summed E-state index contributed by atoms with van der Waals surface area (Å²) in [5.41, 5.74) is 3.02. The summed E-state index contributed by atoms with van der Waals surface area (Å²) in [4.78, 5) is 0. The molecule has 0 saturated heterocycles. The molecule has 0 aliphatic carbocycles. The van der Waals surface area contributed by atoms with Crippen molar-refractivity contribution in [1.82, 2.24) is 5.43 Å². The Balaban J connectivity index is 3.45. The number of nitrogens with one attached hydrogen (secondary N) is 1. The van der Waals surface area contributed by atoms with Crippen molar-refractivity contribution in [3.63, 3.8) is 0 Å². The van der Waals surface area contributed by atoms with Crippen molar-refractivity contribution in [2.45, 2.75) is 97.4 Å². The molecule has 0 aromatic heterocycles. The molecule has 110 valence electrons. The lowest BCUT2D eigenvalue weighted by molar-refractivity contribution is 0.312. The topological polar surface area (TPSA) is 38.0 Å². The number of nitrogens with two attached hydrogens (primary N) is 1. The van der Waals surface area contributed by atoms with Crippen molar-refractivity contribution in [2.75, 3.05) is 0 Å². The highest BCUT2D eigenvalue weighted by Crippen LogP contribution is 2.18. The largest absolute Gasteiger partial charge is 0.271 e. The normalized spacial score (nSPS) is 13.2. The molecule has 2 heteroatoms. The molecule has 18 heavy (non-hydrogen) atoms. The van der Waals surface area contributed by atoms with Crippen LogP contribution in [0.15, 0.2) is 0 Å². The Hall–Kier alpha value is -0.0800. The Morgan fingerprint density at radius 2 is 1.28 bits per heavy atom. The van der Waals surface area contributed by atoms with Crippen LogP contribution in [0.4, 0.5) is 0 Å². The predicted octanol–water partition coefficient (Wildman–Crippen LogP) is 4.79. The van der Waals surface area contributed by atoms with Gasteiger partial charge in [-0.15, -0.1) is 0 Å². The van der Waals surface area contributed by atoms with Crippen LogP contribution in [0, 0.1) is 5.92 Å². The van der Waals surface area contributed by atoms with E-state index in [9.17, 15) is 0 Å². The molecule has 0 amide bonds. The standard InChI is InChI=1S/C16H36N2/c1-4-7-8-9-10-11-12-13-14-16(18-17)15(5-2)6-3/h15-16,18H,4-14,17H2,1-3H3. The zero-order valence-electron chi connectivity index (χ0n) is 13.0. The van der Waals surface area contributed by atoms with Gasteiger partial charge in [-0.2, -0.15) is 0 Å². The van der Waals surface area contributed by atoms with Crippen LogP contribution in [0.3, 0.4) is 0 Å². The van der Waals surface area contributed by atoms with Gasteiger partial charge in [0, 0.05) is 6.04 Å². The second-order valence-electron chi connectivity index (χ2n) is 5.61. The van der Waals surface area contributed by atoms with E-state index >= 15 is 0 Å². The van der Waals surface area contributed by atoms with E-state index in [-0.39, 0.29) is 0 Å². The minimum absolute atomic E-state index is 0.528. The van der Waals surface area contributed by atoms with E-state index in [1.54, 1.807) is 0 Å². The summed E-state index contributed by atoms with van der Waals surface area (Å²) in [5, 5.41) is 0. The first-order valence-corrected chi connectivity index (χ1v) is 8.26. The van der Waals surface area contributed by atoms with Gasteiger partial charge in [-0.3, -0.25) is 11.3 Å². The second-order valence-corrected chi connectivity index (χ2v) is 5.61. The quantitative estimate of drug-likeness (QED) is 0.282. The average molecular weight is 256 g/mol. The van der Waals surface area contributed by atoms with Crippen LogP contribution in [0.2, 0.25) is 0 Å². The lowest BCUT2D eigenvalue weighted by Gasteiger charge is -2.24. The summed E-state index contributed by atoms with van der Waals surface area (Å²) < 4.78 is 0. The maximum absolute atomic E-state index is 5.67. The molecule has 0 aromatic rings. The van der Waals surface area contributed by atoms with Crippen LogP contribution >= 0.6 is 0 Å². The summed E-state index contributed by atoms with van der Waals surface area (Å²) in [6.45, 7) is 6.82. The van der Waals surface area contributed by atoms with Crippen LogP contribution < -0.4 is 11.3 Å². The van der Waals surface area contributed by atoms with Crippen LogP contribution in [-0.4, -0.2) is 6.04 Å². The van der Waals surface area contributed by atoms with E-state index in [0.29, 0.717) is 6.04 Å². The summed E-state index contributed by atoms with van der Waals surface area (Å²) in [6.07, 6.45) is 14.9. The van der Waals surface area contributed by atoms with E-state index in [1.807, 2.05) is 0 Å². The molecule has 0 heterocycles. The second kappa shape index (κ2) is 13.4. The van der Waals surface area contributed by atoms with Gasteiger partial charge in [0.15, 0.2) is 0 Å². The Labute approximate surface area is 115 Å². The number of rotatable bonds is 13. The van der Waals surface area contributed by atoms with Gasteiger partial charge in [0.05, 0.1) is 0 Å². The molecule has 0 spiro atoms. The van der Waals surface area contributed by atoms with Crippen molar-refractivity contribution in [3.05, 3.63) is 0 Å². The van der Waals surface area contributed by atoms with Gasteiger partial charge < -0.3 is 0 Å². The molecule has 0 aliphatic rings. The number of unbranched alkanes of at least 4 members (excludes halogenated alkanes) is 7. The highest BCUT2D eigenvalue weighted by atomic mass is 15.2. The molecule has 1 atom stereocenters. The summed E-state index contributed by atoms with van der Waals surface area (Å²) in [5.74, 6) is 6.42. The summed E-state index contributed by atoms with van der Waals surface area (Å²) in [6, 6.07) is 0.528. The Bertz CT molecular complexity index is 155. The van der Waals surface area contributed by atoms with Crippen molar-refractivity contribution < 1.29 is 0 Å². The molecule has 0 bridgehead atoms. The Morgan fingerprint density at radius 3 is 1.72 bits per heavy atom. The van der Waals surface area contributed by atoms with E-state index in [1.165, 1.54) is 70.6 Å². The summed E-state index contributed by atoms with van der Waals surface area (Å²) in [7, 11) is 0. The van der Waals surface area contributed by atoms with E-state index in [2.05, 4.69) is 26.2 Å². The van der Waals surface area contributed by atoms with Crippen molar-refractivity contribution in [2.24, 2.45) is 11.8 Å². The molecule has 1 unspecified atom stereocenters. The first kappa shape index (κ1) is 17.9. The fourth-order valence-corrected chi connectivity index (χ4v) is 2.81. The highest BCUT2D eigenvalue weighted by Gasteiger charge is 2.15. The lowest BCUT2D eigenvalue weighted by atomic mass is 9.90. The number of hydrazine groups is 1. The van der Waals surface area contributed by atoms with Gasteiger partial charge in [-0.05, 0) is 12.3 Å². The Kier molecular flexibility index (Phi) is 13.3. The third-order valence-corrected chi connectivity index (χ3v) is 4.20. The van der Waals surface area contributed by atoms with Crippen LogP contribution in [0.5, 0.6) is 0 Å². The van der Waals surface area contributed by atoms with Crippen LogP contribution in [-0.2, 0) is 0 Å². The third-order valence-electron chi connectivity index (χ3n) is 4.20. The first-order chi connectivity index (χ1) is 8.79. The fourth-order valence-electron chi connectivity index (χ4n) is 2.81. The van der Waals surface area contributed by atoms with Crippen molar-refractivity contribution in [3.8, 4) is 0 Å². The van der Waals surface area contributed by atoms with Gasteiger partial charge in [0.2, 0.25) is 0 Å². The maximum atomic E-state index is 5.67. The van der Waals surface area contributed by atoms with Crippen LogP contribution in [0.1, 0.15) is 91.4 Å². The SMILES string of the molecule is CCCCCCCCCCC(NN)C(CC)CC. The molecule has 2 nitrogen and oxygen atoms in total. The fraction of sp³-hybridized carbons (Fsp3) is 1.00. The smallest absolute Gasteiger partial charge is 0.0238 e. The first-order valence-electron chi connectivity index (χ1n) is 8.26. The molecule has 3 N–H and O–H groups in total. The molecule has 0 rings (SSSR count). The zero-order chi connectivity index (χ0) is 13.6. The van der Waals surface area contributed by atoms with Gasteiger partial charge >= 0.3 is 0 Å². The molecule has 0 aliphatic heterocycles. The zero-order valence-corrected chi connectivity index (χ0v) is 13.0.